The lowest BCUT2D eigenvalue weighted by atomic mass is 9.77. The van der Waals surface area contributed by atoms with Crippen LogP contribution in [0.2, 0.25) is 0 Å². The van der Waals surface area contributed by atoms with Crippen molar-refractivity contribution in [1.29, 1.82) is 0 Å². The van der Waals surface area contributed by atoms with Crippen molar-refractivity contribution in [2.75, 3.05) is 10.6 Å². The van der Waals surface area contributed by atoms with E-state index in [9.17, 15) is 18.1 Å². The van der Waals surface area contributed by atoms with Crippen molar-refractivity contribution in [2.45, 2.75) is 50.4 Å². The Morgan fingerprint density at radius 2 is 2.03 bits per heavy atom. The van der Waals surface area contributed by atoms with Crippen LogP contribution in [-0.2, 0) is 16.6 Å². The summed E-state index contributed by atoms with van der Waals surface area (Å²) in [6.45, 7) is 0.252. The van der Waals surface area contributed by atoms with Gasteiger partial charge in [-0.3, -0.25) is 9.29 Å². The number of aliphatic hydroxyl groups is 1. The first-order valence-electron chi connectivity index (χ1n) is 12.2. The average molecular weight is 539 g/mol. The van der Waals surface area contributed by atoms with E-state index in [-0.39, 0.29) is 23.6 Å². The van der Waals surface area contributed by atoms with Crippen molar-refractivity contribution in [2.24, 2.45) is 0 Å². The summed E-state index contributed by atoms with van der Waals surface area (Å²) in [5.74, 6) is -0.892. The number of ether oxygens (including phenoxy) is 1. The predicted octanol–water partition coefficient (Wildman–Crippen LogP) is 6.02. The van der Waals surface area contributed by atoms with Crippen LogP contribution in [-0.4, -0.2) is 33.2 Å². The maximum Gasteiger partial charge on any atom is 0.387 e. The summed E-state index contributed by atoms with van der Waals surface area (Å²) >= 11 is 0. The quantitative estimate of drug-likeness (QED) is 0.404. The molecule has 0 spiro atoms. The third kappa shape index (κ3) is 3.88. The second-order valence-electron chi connectivity index (χ2n) is 10.3. The third-order valence-corrected chi connectivity index (χ3v) is 8.61. The first-order valence-corrected chi connectivity index (χ1v) is 13.8. The molecule has 0 saturated heterocycles. The number of pyridine rings is 1. The van der Waals surface area contributed by atoms with Crippen LogP contribution in [0, 0.1) is 5.82 Å². The number of hydrogen-bond donors (Lipinski definition) is 1. The zero-order chi connectivity index (χ0) is 26.9. The fourth-order valence-electron chi connectivity index (χ4n) is 6.08. The largest absolute Gasteiger partial charge is 0.434 e. The number of alkyl halides is 2. The van der Waals surface area contributed by atoms with Crippen LogP contribution in [0.5, 0.6) is 5.75 Å². The number of benzene rings is 2. The van der Waals surface area contributed by atoms with Gasteiger partial charge in [-0.05, 0) is 67.8 Å². The van der Waals surface area contributed by atoms with Gasteiger partial charge in [-0.15, -0.1) is 5.73 Å². The third-order valence-electron chi connectivity index (χ3n) is 7.60. The molecule has 1 saturated carbocycles. The Kier molecular flexibility index (Phi) is 5.79. The highest BCUT2D eigenvalue weighted by Gasteiger charge is 2.51. The predicted molar refractivity (Wildman–Crippen MR) is 140 cm³/mol. The van der Waals surface area contributed by atoms with Gasteiger partial charge in [0.15, 0.2) is 0 Å². The smallest absolute Gasteiger partial charge is 0.387 e. The first kappa shape index (κ1) is 24.9. The van der Waals surface area contributed by atoms with Gasteiger partial charge in [0.1, 0.15) is 28.2 Å². The van der Waals surface area contributed by atoms with E-state index in [1.54, 1.807) is 60.8 Å². The molecule has 3 aromatic rings. The van der Waals surface area contributed by atoms with Gasteiger partial charge < -0.3 is 9.84 Å². The van der Waals surface area contributed by atoms with Crippen molar-refractivity contribution in [1.82, 2.24) is 4.98 Å². The molecular weight excluding hydrogens is 513 g/mol. The molecule has 2 aliphatic carbocycles. The molecule has 3 unspecified atom stereocenters. The summed E-state index contributed by atoms with van der Waals surface area (Å²) in [6, 6.07) is 11.3. The molecule has 1 aromatic heterocycles. The van der Waals surface area contributed by atoms with Crippen molar-refractivity contribution in [3.8, 4) is 16.9 Å². The molecule has 0 amide bonds. The van der Waals surface area contributed by atoms with E-state index in [1.165, 1.54) is 18.3 Å². The maximum atomic E-state index is 15.3. The lowest BCUT2D eigenvalue weighted by Gasteiger charge is -2.35. The number of anilines is 1. The van der Waals surface area contributed by atoms with Crippen molar-refractivity contribution >= 4 is 22.7 Å². The Labute approximate surface area is 220 Å². The number of nitrogens with zero attached hydrogens (tertiary/aromatic N) is 2. The molecule has 2 aromatic carbocycles. The summed E-state index contributed by atoms with van der Waals surface area (Å²) in [4.78, 5) is 4.33. The fourth-order valence-corrected chi connectivity index (χ4v) is 7.08. The number of rotatable bonds is 5. The van der Waals surface area contributed by atoms with Gasteiger partial charge in [0.25, 0.3) is 0 Å². The molecule has 6 rings (SSSR count). The molecule has 1 fully saturated rings. The minimum atomic E-state index is -3.00. The van der Waals surface area contributed by atoms with Crippen LogP contribution < -0.4 is 9.04 Å². The van der Waals surface area contributed by atoms with Gasteiger partial charge in [0, 0.05) is 46.6 Å². The van der Waals surface area contributed by atoms with Crippen LogP contribution in [0.15, 0.2) is 60.0 Å². The highest BCUT2D eigenvalue weighted by Crippen LogP contribution is 2.61. The molecule has 196 valence electrons. The summed E-state index contributed by atoms with van der Waals surface area (Å²) in [5.41, 5.74) is 7.14. The first-order chi connectivity index (χ1) is 18.0. The topological polar surface area (TPSA) is 62.7 Å². The molecule has 1 aliphatic heterocycles. The number of fused-ring (bicyclic) bond motifs is 9. The Morgan fingerprint density at radius 1 is 1.24 bits per heavy atom. The zero-order valence-electron chi connectivity index (χ0n) is 20.9. The standard InChI is InChI=1S/C29H25F3N2O3S/c1-29(2,35)25-10-8-16(14-33-25)18-12-19-15(11-21(18)30)7-9-17-23-13-20(26(17)19)27-22(34(23)38(3)36)5-4-6-24(27)37-28(31)32/h4-8,10-12,14,20,23,26,28,35H,13H2,1-3H3/t20?,23?,26-,38?/m1/s1. The maximum absolute atomic E-state index is 15.3. The SMILES string of the molecule is CS(=O)N1c2cccc(OC(F)F)c2C2CC1C1=C=Cc3cc(F)c(-c4ccc(C(C)(C)O)nc4)cc3[C@@H]12. The highest BCUT2D eigenvalue weighted by atomic mass is 32.2. The number of halogens is 3. The van der Waals surface area contributed by atoms with Gasteiger partial charge in [0.05, 0.1) is 17.4 Å². The Hall–Kier alpha value is -3.39. The highest BCUT2D eigenvalue weighted by molar-refractivity contribution is 7.85. The van der Waals surface area contributed by atoms with Gasteiger partial charge in [-0.2, -0.15) is 8.78 Å². The molecule has 2 heterocycles. The van der Waals surface area contributed by atoms with E-state index >= 15 is 4.39 Å². The normalized spacial score (nSPS) is 22.1. The van der Waals surface area contributed by atoms with Crippen LogP contribution in [0.4, 0.5) is 18.9 Å². The van der Waals surface area contributed by atoms with E-state index in [0.717, 1.165) is 11.1 Å². The minimum absolute atomic E-state index is 0.0579. The molecule has 3 aliphatic rings. The molecular formula is C29H25F3N2O3S. The Balaban J connectivity index is 1.51. The number of hydrogen-bond acceptors (Lipinski definition) is 4. The van der Waals surface area contributed by atoms with Crippen molar-refractivity contribution in [3.63, 3.8) is 0 Å². The molecule has 2 bridgehead atoms. The van der Waals surface area contributed by atoms with Crippen LogP contribution in [0.25, 0.3) is 17.2 Å². The van der Waals surface area contributed by atoms with Crippen LogP contribution in [0.1, 0.15) is 54.5 Å². The minimum Gasteiger partial charge on any atom is -0.434 e. The van der Waals surface area contributed by atoms with E-state index in [1.807, 2.05) is 0 Å². The zero-order valence-corrected chi connectivity index (χ0v) is 21.7. The molecule has 1 N–H and O–H groups in total. The molecule has 9 heteroatoms. The summed E-state index contributed by atoms with van der Waals surface area (Å²) < 4.78 is 61.6. The summed E-state index contributed by atoms with van der Waals surface area (Å²) in [5, 5.41) is 10.2. The van der Waals surface area contributed by atoms with E-state index in [4.69, 9.17) is 4.74 Å². The number of aromatic nitrogens is 1. The average Bonchev–Trinajstić information content (AvgIpc) is 3.17. The van der Waals surface area contributed by atoms with Crippen LogP contribution in [0.3, 0.4) is 0 Å². The lowest BCUT2D eigenvalue weighted by molar-refractivity contribution is -0.0506. The van der Waals surface area contributed by atoms with E-state index < -0.39 is 29.0 Å². The van der Waals surface area contributed by atoms with Crippen LogP contribution >= 0.6 is 0 Å². The van der Waals surface area contributed by atoms with Crippen molar-refractivity contribution < 1.29 is 27.2 Å². The van der Waals surface area contributed by atoms with Gasteiger partial charge in [-0.25, -0.2) is 8.60 Å². The van der Waals surface area contributed by atoms with Gasteiger partial charge in [0.2, 0.25) is 0 Å². The monoisotopic (exact) mass is 538 g/mol. The molecule has 0 radical (unpaired) electrons. The lowest BCUT2D eigenvalue weighted by Crippen LogP contribution is -2.38. The van der Waals surface area contributed by atoms with Gasteiger partial charge in [-0.1, -0.05) is 12.1 Å². The fraction of sp³-hybridized carbons (Fsp3) is 0.310. The van der Waals surface area contributed by atoms with E-state index in [0.29, 0.717) is 40.1 Å². The molecule has 4 atom stereocenters. The summed E-state index contributed by atoms with van der Waals surface area (Å²) in [6.07, 6.45) is 5.39. The summed E-state index contributed by atoms with van der Waals surface area (Å²) in [7, 11) is -1.43. The second kappa shape index (κ2) is 8.83. The molecule has 5 nitrogen and oxygen atoms in total. The molecule has 38 heavy (non-hydrogen) atoms. The Morgan fingerprint density at radius 3 is 2.68 bits per heavy atom. The van der Waals surface area contributed by atoms with E-state index in [2.05, 4.69) is 10.7 Å². The Bertz CT molecular complexity index is 1540. The van der Waals surface area contributed by atoms with Gasteiger partial charge >= 0.3 is 6.61 Å². The van der Waals surface area contributed by atoms with Crippen molar-refractivity contribution in [3.05, 3.63) is 88.2 Å². The second-order valence-corrected chi connectivity index (χ2v) is 11.6.